The van der Waals surface area contributed by atoms with Crippen molar-refractivity contribution >= 4 is 46.6 Å². The van der Waals surface area contributed by atoms with Crippen molar-refractivity contribution in [2.24, 2.45) is 0 Å². The monoisotopic (exact) mass is 397 g/mol. The Morgan fingerprint density at radius 2 is 1.71 bits per heavy atom. The molecule has 124 valence electrons. The number of aromatic nitrogens is 3. The van der Waals surface area contributed by atoms with Crippen molar-refractivity contribution in [3.8, 4) is 11.4 Å². The van der Waals surface area contributed by atoms with Crippen LogP contribution < -0.4 is 0 Å². The summed E-state index contributed by atoms with van der Waals surface area (Å²) in [5, 5.41) is 11.5. The van der Waals surface area contributed by atoms with E-state index in [4.69, 9.17) is 34.8 Å². The van der Waals surface area contributed by atoms with E-state index in [2.05, 4.69) is 21.7 Å². The molecule has 0 aliphatic heterocycles. The molecule has 0 fully saturated rings. The Hall–Kier alpha value is -1.20. The van der Waals surface area contributed by atoms with E-state index in [1.807, 2.05) is 42.5 Å². The van der Waals surface area contributed by atoms with Gasteiger partial charge in [0.15, 0.2) is 11.0 Å². The van der Waals surface area contributed by atoms with Crippen molar-refractivity contribution in [3.05, 3.63) is 63.1 Å². The molecular formula is C17H14Cl3N3S. The molecule has 0 amide bonds. The minimum absolute atomic E-state index is 0.631. The molecule has 1 heterocycles. The molecule has 3 rings (SSSR count). The van der Waals surface area contributed by atoms with Crippen LogP contribution in [0.4, 0.5) is 0 Å². The van der Waals surface area contributed by atoms with Crippen LogP contribution in [0.2, 0.25) is 15.1 Å². The highest BCUT2D eigenvalue weighted by atomic mass is 35.5. The van der Waals surface area contributed by atoms with Crippen LogP contribution in [0.15, 0.2) is 47.6 Å². The molecule has 24 heavy (non-hydrogen) atoms. The van der Waals surface area contributed by atoms with Crippen LogP contribution in [0.1, 0.15) is 12.5 Å². The average molecular weight is 399 g/mol. The molecule has 0 saturated heterocycles. The summed E-state index contributed by atoms with van der Waals surface area (Å²) in [6.07, 6.45) is 0. The Kier molecular flexibility index (Phi) is 5.72. The molecule has 0 aliphatic carbocycles. The van der Waals surface area contributed by atoms with Gasteiger partial charge in [-0.15, -0.1) is 10.2 Å². The van der Waals surface area contributed by atoms with Gasteiger partial charge in [-0.2, -0.15) is 0 Å². The molecule has 0 saturated carbocycles. The van der Waals surface area contributed by atoms with Gasteiger partial charge in [0, 0.05) is 32.9 Å². The van der Waals surface area contributed by atoms with Crippen molar-refractivity contribution in [1.29, 1.82) is 0 Å². The van der Waals surface area contributed by atoms with Gasteiger partial charge in [-0.1, -0.05) is 64.8 Å². The van der Waals surface area contributed by atoms with E-state index in [0.717, 1.165) is 28.7 Å². The highest BCUT2D eigenvalue weighted by molar-refractivity contribution is 7.98. The lowest BCUT2D eigenvalue weighted by Crippen LogP contribution is -2.00. The van der Waals surface area contributed by atoms with E-state index >= 15 is 0 Å². The Labute approximate surface area is 160 Å². The number of benzene rings is 2. The van der Waals surface area contributed by atoms with Crippen molar-refractivity contribution in [2.75, 3.05) is 0 Å². The summed E-state index contributed by atoms with van der Waals surface area (Å²) in [4.78, 5) is 0. The lowest BCUT2D eigenvalue weighted by molar-refractivity contribution is 0.687. The van der Waals surface area contributed by atoms with Crippen LogP contribution in [-0.2, 0) is 12.3 Å². The van der Waals surface area contributed by atoms with Gasteiger partial charge in [-0.3, -0.25) is 0 Å². The molecule has 0 spiro atoms. The van der Waals surface area contributed by atoms with Crippen LogP contribution in [0.25, 0.3) is 11.4 Å². The third kappa shape index (κ3) is 3.72. The molecule has 0 radical (unpaired) electrons. The molecule has 0 aliphatic rings. The van der Waals surface area contributed by atoms with Crippen LogP contribution in [0, 0.1) is 0 Å². The Morgan fingerprint density at radius 3 is 2.38 bits per heavy atom. The predicted molar refractivity (Wildman–Crippen MR) is 102 cm³/mol. The molecule has 1 aromatic heterocycles. The van der Waals surface area contributed by atoms with Crippen molar-refractivity contribution < 1.29 is 0 Å². The van der Waals surface area contributed by atoms with Crippen molar-refractivity contribution in [3.63, 3.8) is 0 Å². The highest BCUT2D eigenvalue weighted by Gasteiger charge is 2.15. The van der Waals surface area contributed by atoms with Crippen LogP contribution in [0.5, 0.6) is 0 Å². The number of nitrogens with zero attached hydrogens (tertiary/aromatic N) is 3. The predicted octanol–water partition coefficient (Wildman–Crippen LogP) is 6.22. The maximum Gasteiger partial charge on any atom is 0.191 e. The van der Waals surface area contributed by atoms with Crippen molar-refractivity contribution in [1.82, 2.24) is 14.8 Å². The molecule has 0 N–H and O–H groups in total. The number of thioether (sulfide) groups is 1. The number of rotatable bonds is 5. The summed E-state index contributed by atoms with van der Waals surface area (Å²) in [5.41, 5.74) is 1.85. The van der Waals surface area contributed by atoms with Gasteiger partial charge in [0.25, 0.3) is 0 Å². The minimum atomic E-state index is 0.631. The van der Waals surface area contributed by atoms with Gasteiger partial charge in [-0.05, 0) is 36.8 Å². The summed E-state index contributed by atoms with van der Waals surface area (Å²) >= 11 is 20.1. The zero-order chi connectivity index (χ0) is 17.1. The third-order valence-electron chi connectivity index (χ3n) is 3.52. The molecular weight excluding hydrogens is 385 g/mol. The first kappa shape index (κ1) is 17.6. The molecule has 0 atom stereocenters. The largest absolute Gasteiger partial charge is 0.302 e. The number of hydrogen-bond donors (Lipinski definition) is 0. The summed E-state index contributed by atoms with van der Waals surface area (Å²) in [6.45, 7) is 2.82. The Morgan fingerprint density at radius 1 is 1.00 bits per heavy atom. The quantitative estimate of drug-likeness (QED) is 0.478. The average Bonchev–Trinajstić information content (AvgIpc) is 2.97. The first-order valence-corrected chi connectivity index (χ1v) is 9.47. The SMILES string of the molecule is CCn1c(SCc2c(Cl)cccc2Cl)nnc1-c1cccc(Cl)c1. The lowest BCUT2D eigenvalue weighted by Gasteiger charge is -2.09. The molecule has 3 aromatic rings. The van der Waals surface area contributed by atoms with Gasteiger partial charge in [-0.25, -0.2) is 0 Å². The zero-order valence-corrected chi connectivity index (χ0v) is 15.9. The molecule has 0 unspecified atom stereocenters. The highest BCUT2D eigenvalue weighted by Crippen LogP contribution is 2.32. The summed E-state index contributed by atoms with van der Waals surface area (Å²) < 4.78 is 2.06. The fourth-order valence-corrected chi connectivity index (χ4v) is 4.26. The number of halogens is 3. The minimum Gasteiger partial charge on any atom is -0.302 e. The van der Waals surface area contributed by atoms with Gasteiger partial charge in [0.2, 0.25) is 0 Å². The normalized spacial score (nSPS) is 11.0. The second-order valence-electron chi connectivity index (χ2n) is 5.05. The van der Waals surface area contributed by atoms with E-state index in [9.17, 15) is 0 Å². The van der Waals surface area contributed by atoms with E-state index in [-0.39, 0.29) is 0 Å². The summed E-state index contributed by atoms with van der Waals surface area (Å²) in [6, 6.07) is 13.1. The second kappa shape index (κ2) is 7.79. The topological polar surface area (TPSA) is 30.7 Å². The van der Waals surface area contributed by atoms with Gasteiger partial charge in [0.1, 0.15) is 0 Å². The zero-order valence-electron chi connectivity index (χ0n) is 12.8. The van der Waals surface area contributed by atoms with Crippen LogP contribution >= 0.6 is 46.6 Å². The smallest absolute Gasteiger partial charge is 0.191 e. The molecule has 2 aromatic carbocycles. The fourth-order valence-electron chi connectivity index (χ4n) is 2.33. The lowest BCUT2D eigenvalue weighted by atomic mass is 10.2. The van der Waals surface area contributed by atoms with E-state index in [1.54, 1.807) is 11.8 Å². The summed E-state index contributed by atoms with van der Waals surface area (Å²) in [5.74, 6) is 1.43. The van der Waals surface area contributed by atoms with E-state index in [0.29, 0.717) is 20.8 Å². The Bertz CT molecular complexity index is 844. The summed E-state index contributed by atoms with van der Waals surface area (Å²) in [7, 11) is 0. The fraction of sp³-hybridized carbons (Fsp3) is 0.176. The molecule has 7 heteroatoms. The third-order valence-corrected chi connectivity index (χ3v) is 5.46. The Balaban J connectivity index is 1.87. The van der Waals surface area contributed by atoms with E-state index in [1.165, 1.54) is 0 Å². The maximum absolute atomic E-state index is 6.23. The van der Waals surface area contributed by atoms with Gasteiger partial charge < -0.3 is 4.57 Å². The van der Waals surface area contributed by atoms with Gasteiger partial charge in [0.05, 0.1) is 0 Å². The standard InChI is InChI=1S/C17H14Cl3N3S/c1-2-23-16(11-5-3-6-12(18)9-11)21-22-17(23)24-10-13-14(19)7-4-8-15(13)20/h3-9H,2,10H2,1H3. The molecule has 3 nitrogen and oxygen atoms in total. The molecule has 0 bridgehead atoms. The van der Waals surface area contributed by atoms with Crippen LogP contribution in [0.3, 0.4) is 0 Å². The van der Waals surface area contributed by atoms with Crippen molar-refractivity contribution in [2.45, 2.75) is 24.4 Å². The second-order valence-corrected chi connectivity index (χ2v) is 7.24. The number of hydrogen-bond acceptors (Lipinski definition) is 3. The first-order valence-electron chi connectivity index (χ1n) is 7.35. The maximum atomic E-state index is 6.23. The van der Waals surface area contributed by atoms with Gasteiger partial charge >= 0.3 is 0 Å². The van der Waals surface area contributed by atoms with Crippen LogP contribution in [-0.4, -0.2) is 14.8 Å². The first-order chi connectivity index (χ1) is 11.6. The van der Waals surface area contributed by atoms with E-state index < -0.39 is 0 Å².